The van der Waals surface area contributed by atoms with Gasteiger partial charge in [0.2, 0.25) is 0 Å². The third kappa shape index (κ3) is 2.91. The molecule has 2 rings (SSSR count). The van der Waals surface area contributed by atoms with Crippen LogP contribution >= 0.6 is 0 Å². The highest BCUT2D eigenvalue weighted by Crippen LogP contribution is 2.15. The topological polar surface area (TPSA) is 60.2 Å². The molecule has 94 valence electrons. The minimum atomic E-state index is 0.708. The lowest BCUT2D eigenvalue weighted by Crippen LogP contribution is -2.02. The second kappa shape index (κ2) is 5.40. The van der Waals surface area contributed by atoms with Crippen molar-refractivity contribution in [1.82, 2.24) is 4.98 Å². The molecular formula is C14H17N3O. The fraction of sp³-hybridized carbons (Fsp3) is 0.214. The van der Waals surface area contributed by atoms with Crippen molar-refractivity contribution in [1.29, 1.82) is 0 Å². The van der Waals surface area contributed by atoms with Crippen molar-refractivity contribution in [2.45, 2.75) is 13.5 Å². The molecule has 0 saturated heterocycles. The van der Waals surface area contributed by atoms with E-state index in [9.17, 15) is 0 Å². The average Bonchev–Trinajstić information content (AvgIpc) is 2.41. The van der Waals surface area contributed by atoms with Crippen LogP contribution < -0.4 is 15.8 Å². The molecule has 1 aromatic heterocycles. The monoisotopic (exact) mass is 243 g/mol. The maximum Gasteiger partial charge on any atom is 0.128 e. The van der Waals surface area contributed by atoms with E-state index in [1.807, 2.05) is 37.3 Å². The lowest BCUT2D eigenvalue weighted by molar-refractivity contribution is 0.414. The van der Waals surface area contributed by atoms with Crippen molar-refractivity contribution < 1.29 is 4.74 Å². The van der Waals surface area contributed by atoms with Gasteiger partial charge in [-0.05, 0) is 30.2 Å². The van der Waals surface area contributed by atoms with Crippen molar-refractivity contribution in [3.63, 3.8) is 0 Å². The molecule has 0 saturated carbocycles. The van der Waals surface area contributed by atoms with E-state index in [4.69, 9.17) is 10.5 Å². The quantitative estimate of drug-likeness (QED) is 0.866. The Morgan fingerprint density at radius 2 is 2.00 bits per heavy atom. The Balaban J connectivity index is 1.99. The van der Waals surface area contributed by atoms with Crippen molar-refractivity contribution in [2.24, 2.45) is 0 Å². The Kier molecular flexibility index (Phi) is 3.67. The number of nitrogen functional groups attached to an aromatic ring is 1. The third-order valence-corrected chi connectivity index (χ3v) is 2.78. The molecule has 3 N–H and O–H groups in total. The highest BCUT2D eigenvalue weighted by Gasteiger charge is 1.99. The molecule has 0 fully saturated rings. The summed E-state index contributed by atoms with van der Waals surface area (Å²) in [5, 5.41) is 3.23. The number of hydrogen-bond donors (Lipinski definition) is 2. The zero-order valence-corrected chi connectivity index (χ0v) is 10.6. The van der Waals surface area contributed by atoms with Gasteiger partial charge >= 0.3 is 0 Å². The SMILES string of the molecule is COc1ccc(CNc2cc(N)c(C)cn2)cc1. The summed E-state index contributed by atoms with van der Waals surface area (Å²) in [4.78, 5) is 4.27. The summed E-state index contributed by atoms with van der Waals surface area (Å²) in [7, 11) is 1.66. The number of methoxy groups -OCH3 is 1. The summed E-state index contributed by atoms with van der Waals surface area (Å²) >= 11 is 0. The second-order valence-corrected chi connectivity index (χ2v) is 4.13. The minimum Gasteiger partial charge on any atom is -0.497 e. The van der Waals surface area contributed by atoms with Crippen LogP contribution in [0.4, 0.5) is 11.5 Å². The van der Waals surface area contributed by atoms with Gasteiger partial charge in [-0.25, -0.2) is 4.98 Å². The summed E-state index contributed by atoms with van der Waals surface area (Å²) in [6.07, 6.45) is 1.77. The van der Waals surface area contributed by atoms with Crippen LogP contribution in [-0.4, -0.2) is 12.1 Å². The molecule has 0 aliphatic rings. The molecule has 0 spiro atoms. The number of nitrogens with one attached hydrogen (secondary N) is 1. The van der Waals surface area contributed by atoms with Gasteiger partial charge in [-0.1, -0.05) is 12.1 Å². The van der Waals surface area contributed by atoms with Crippen LogP contribution in [-0.2, 0) is 6.54 Å². The number of pyridine rings is 1. The summed E-state index contributed by atoms with van der Waals surface area (Å²) in [5.41, 5.74) is 8.74. The summed E-state index contributed by atoms with van der Waals surface area (Å²) < 4.78 is 5.11. The Labute approximate surface area is 107 Å². The molecule has 0 unspecified atom stereocenters. The van der Waals surface area contributed by atoms with E-state index in [0.29, 0.717) is 6.54 Å². The molecule has 1 aromatic carbocycles. The van der Waals surface area contributed by atoms with Crippen LogP contribution in [0.15, 0.2) is 36.5 Å². The molecule has 0 atom stereocenters. The van der Waals surface area contributed by atoms with E-state index in [-0.39, 0.29) is 0 Å². The minimum absolute atomic E-state index is 0.708. The number of hydrogen-bond acceptors (Lipinski definition) is 4. The van der Waals surface area contributed by atoms with Crippen molar-refractivity contribution >= 4 is 11.5 Å². The molecule has 1 heterocycles. The Hall–Kier alpha value is -2.23. The normalized spacial score (nSPS) is 10.1. The first-order valence-corrected chi connectivity index (χ1v) is 5.78. The predicted octanol–water partition coefficient (Wildman–Crippen LogP) is 2.59. The number of ether oxygens (including phenoxy) is 1. The van der Waals surface area contributed by atoms with E-state index < -0.39 is 0 Å². The summed E-state index contributed by atoms with van der Waals surface area (Å²) in [6, 6.07) is 9.76. The van der Waals surface area contributed by atoms with E-state index in [0.717, 1.165) is 28.4 Å². The Bertz CT molecular complexity index is 523. The van der Waals surface area contributed by atoms with Crippen LogP contribution in [0.25, 0.3) is 0 Å². The van der Waals surface area contributed by atoms with Crippen LogP contribution in [0.5, 0.6) is 5.75 Å². The van der Waals surface area contributed by atoms with E-state index in [2.05, 4.69) is 10.3 Å². The average molecular weight is 243 g/mol. The molecule has 4 heteroatoms. The zero-order valence-electron chi connectivity index (χ0n) is 10.6. The largest absolute Gasteiger partial charge is 0.497 e. The summed E-state index contributed by atoms with van der Waals surface area (Å²) in [6.45, 7) is 2.65. The van der Waals surface area contributed by atoms with Gasteiger partial charge in [0.05, 0.1) is 7.11 Å². The number of benzene rings is 1. The highest BCUT2D eigenvalue weighted by atomic mass is 16.5. The van der Waals surface area contributed by atoms with E-state index in [1.54, 1.807) is 13.3 Å². The molecule has 0 aliphatic heterocycles. The number of anilines is 2. The van der Waals surface area contributed by atoms with E-state index >= 15 is 0 Å². The lowest BCUT2D eigenvalue weighted by atomic mass is 10.2. The number of aromatic nitrogens is 1. The number of nitrogens with two attached hydrogens (primary N) is 1. The number of rotatable bonds is 4. The second-order valence-electron chi connectivity index (χ2n) is 4.13. The Morgan fingerprint density at radius 1 is 1.28 bits per heavy atom. The van der Waals surface area contributed by atoms with Gasteiger partial charge in [0.15, 0.2) is 0 Å². The number of aryl methyl sites for hydroxylation is 1. The first-order valence-electron chi connectivity index (χ1n) is 5.78. The van der Waals surface area contributed by atoms with Gasteiger partial charge in [-0.15, -0.1) is 0 Å². The van der Waals surface area contributed by atoms with Crippen LogP contribution in [0, 0.1) is 6.92 Å². The number of nitrogens with zero attached hydrogens (tertiary/aromatic N) is 1. The van der Waals surface area contributed by atoms with Gasteiger partial charge in [0.25, 0.3) is 0 Å². The standard InChI is InChI=1S/C14H17N3O/c1-10-8-16-14(7-13(10)15)17-9-11-3-5-12(18-2)6-4-11/h3-8H,9H2,1-2H3,(H3,15,16,17). The van der Waals surface area contributed by atoms with Crippen LogP contribution in [0.2, 0.25) is 0 Å². The van der Waals surface area contributed by atoms with E-state index in [1.165, 1.54) is 0 Å². The first kappa shape index (κ1) is 12.2. The predicted molar refractivity (Wildman–Crippen MR) is 73.7 cm³/mol. The van der Waals surface area contributed by atoms with Gasteiger partial charge in [0.1, 0.15) is 11.6 Å². The maximum atomic E-state index is 5.83. The van der Waals surface area contributed by atoms with Crippen molar-refractivity contribution in [3.05, 3.63) is 47.7 Å². The molecule has 4 nitrogen and oxygen atoms in total. The maximum absolute atomic E-state index is 5.83. The van der Waals surface area contributed by atoms with Crippen molar-refractivity contribution in [3.8, 4) is 5.75 Å². The molecule has 18 heavy (non-hydrogen) atoms. The first-order chi connectivity index (χ1) is 8.69. The van der Waals surface area contributed by atoms with Crippen molar-refractivity contribution in [2.75, 3.05) is 18.2 Å². The van der Waals surface area contributed by atoms with Gasteiger partial charge in [0, 0.05) is 24.5 Å². The smallest absolute Gasteiger partial charge is 0.128 e. The third-order valence-electron chi connectivity index (χ3n) is 2.78. The molecule has 0 aliphatic carbocycles. The lowest BCUT2D eigenvalue weighted by Gasteiger charge is -2.08. The zero-order chi connectivity index (χ0) is 13.0. The molecule has 2 aromatic rings. The Morgan fingerprint density at radius 3 is 2.61 bits per heavy atom. The molecule has 0 bridgehead atoms. The van der Waals surface area contributed by atoms with Crippen LogP contribution in [0.3, 0.4) is 0 Å². The van der Waals surface area contributed by atoms with Crippen LogP contribution in [0.1, 0.15) is 11.1 Å². The molecular weight excluding hydrogens is 226 g/mol. The summed E-state index contributed by atoms with van der Waals surface area (Å²) in [5.74, 6) is 1.64. The van der Waals surface area contributed by atoms with Gasteiger partial charge in [-0.3, -0.25) is 0 Å². The molecule has 0 amide bonds. The van der Waals surface area contributed by atoms with Gasteiger partial charge in [-0.2, -0.15) is 0 Å². The molecule has 0 radical (unpaired) electrons. The highest BCUT2D eigenvalue weighted by molar-refractivity contribution is 5.53. The fourth-order valence-electron chi connectivity index (χ4n) is 1.57. The van der Waals surface area contributed by atoms with Gasteiger partial charge < -0.3 is 15.8 Å². The fourth-order valence-corrected chi connectivity index (χ4v) is 1.57.